The molecule has 0 amide bonds. The molecule has 0 heterocycles. The Morgan fingerprint density at radius 2 is 2.10 bits per heavy atom. The number of rotatable bonds is 4. The second-order valence-electron chi connectivity index (χ2n) is 4.26. The van der Waals surface area contributed by atoms with Gasteiger partial charge in [0.05, 0.1) is 5.69 Å². The van der Waals surface area contributed by atoms with Gasteiger partial charge >= 0.3 is 0 Å². The highest BCUT2D eigenvalue weighted by Crippen LogP contribution is 2.26. The third-order valence-corrected chi connectivity index (χ3v) is 3.78. The topological polar surface area (TPSA) is 70.6 Å². The molecule has 2 aromatic rings. The van der Waals surface area contributed by atoms with Crippen LogP contribution < -0.4 is 11.1 Å². The fourth-order valence-corrected chi connectivity index (χ4v) is 2.38. The summed E-state index contributed by atoms with van der Waals surface area (Å²) in [6.45, 7) is 0.366. The summed E-state index contributed by atoms with van der Waals surface area (Å²) >= 11 is 9.35. The van der Waals surface area contributed by atoms with Crippen LogP contribution in [0.3, 0.4) is 0 Å². The number of nitrogens with two attached hydrogens (primary N) is 1. The van der Waals surface area contributed by atoms with Crippen molar-refractivity contribution in [3.8, 4) is 0 Å². The van der Waals surface area contributed by atoms with E-state index in [0.29, 0.717) is 22.7 Å². The van der Waals surface area contributed by atoms with E-state index in [1.807, 2.05) is 6.07 Å². The summed E-state index contributed by atoms with van der Waals surface area (Å²) < 4.78 is 14.1. The average Bonchev–Trinajstić information content (AvgIpc) is 2.48. The Labute approximate surface area is 134 Å². The van der Waals surface area contributed by atoms with Crippen molar-refractivity contribution in [1.29, 1.82) is 0 Å². The van der Waals surface area contributed by atoms with Gasteiger partial charge in [-0.1, -0.05) is 22.8 Å². The molecular weight excluding hydrogens is 361 g/mol. The minimum atomic E-state index is -0.454. The maximum atomic E-state index is 13.3. The SMILES string of the molecule is N/C(=N/O)c1cc(F)ccc1CNc1cc(Cl)ccc1Br. The Kier molecular flexibility index (Phi) is 5.03. The summed E-state index contributed by atoms with van der Waals surface area (Å²) in [5.41, 5.74) is 7.38. The van der Waals surface area contributed by atoms with Gasteiger partial charge in [0, 0.05) is 21.6 Å². The lowest BCUT2D eigenvalue weighted by Crippen LogP contribution is -2.17. The van der Waals surface area contributed by atoms with Crippen LogP contribution in [0.2, 0.25) is 5.02 Å². The van der Waals surface area contributed by atoms with E-state index >= 15 is 0 Å². The number of nitrogens with one attached hydrogen (secondary N) is 1. The van der Waals surface area contributed by atoms with Crippen LogP contribution in [0.25, 0.3) is 0 Å². The number of benzene rings is 2. The fraction of sp³-hybridized carbons (Fsp3) is 0.0714. The minimum Gasteiger partial charge on any atom is -0.409 e. The number of anilines is 1. The van der Waals surface area contributed by atoms with Crippen molar-refractivity contribution in [2.24, 2.45) is 10.9 Å². The molecule has 0 unspecified atom stereocenters. The third kappa shape index (κ3) is 3.86. The van der Waals surface area contributed by atoms with Gasteiger partial charge in [-0.15, -0.1) is 0 Å². The van der Waals surface area contributed by atoms with E-state index in [1.165, 1.54) is 12.1 Å². The lowest BCUT2D eigenvalue weighted by Gasteiger charge is -2.12. The van der Waals surface area contributed by atoms with Crippen LogP contribution in [0, 0.1) is 5.82 Å². The minimum absolute atomic E-state index is 0.142. The molecule has 0 bridgehead atoms. The second kappa shape index (κ2) is 6.78. The third-order valence-electron chi connectivity index (χ3n) is 2.85. The Morgan fingerprint density at radius 3 is 2.81 bits per heavy atom. The number of amidine groups is 1. The van der Waals surface area contributed by atoms with E-state index in [4.69, 9.17) is 22.5 Å². The predicted molar refractivity (Wildman–Crippen MR) is 85.4 cm³/mol. The molecule has 110 valence electrons. The van der Waals surface area contributed by atoms with Crippen molar-refractivity contribution in [3.63, 3.8) is 0 Å². The van der Waals surface area contributed by atoms with Crippen molar-refractivity contribution in [2.45, 2.75) is 6.54 Å². The van der Waals surface area contributed by atoms with E-state index < -0.39 is 5.82 Å². The van der Waals surface area contributed by atoms with Gasteiger partial charge in [0.25, 0.3) is 0 Å². The van der Waals surface area contributed by atoms with Crippen LogP contribution in [-0.2, 0) is 6.54 Å². The van der Waals surface area contributed by atoms with Crippen LogP contribution in [0.4, 0.5) is 10.1 Å². The van der Waals surface area contributed by atoms with Gasteiger partial charge < -0.3 is 16.3 Å². The Balaban J connectivity index is 2.26. The molecule has 4 nitrogen and oxygen atoms in total. The first-order chi connectivity index (χ1) is 10.0. The maximum absolute atomic E-state index is 13.3. The molecule has 0 aromatic heterocycles. The highest BCUT2D eigenvalue weighted by molar-refractivity contribution is 9.10. The summed E-state index contributed by atoms with van der Waals surface area (Å²) in [7, 11) is 0. The second-order valence-corrected chi connectivity index (χ2v) is 5.56. The zero-order valence-electron chi connectivity index (χ0n) is 10.8. The standard InChI is InChI=1S/C14H12BrClFN3O/c15-12-4-2-9(16)5-13(12)19-7-8-1-3-10(17)6-11(8)14(18)20-21/h1-6,19,21H,7H2,(H2,18,20). The van der Waals surface area contributed by atoms with Crippen molar-refractivity contribution in [3.05, 3.63) is 62.8 Å². The molecule has 21 heavy (non-hydrogen) atoms. The summed E-state index contributed by atoms with van der Waals surface area (Å²) in [5, 5.41) is 15.4. The molecule has 2 rings (SSSR count). The Hall–Kier alpha value is -1.79. The molecule has 0 aliphatic rings. The number of oxime groups is 1. The van der Waals surface area contributed by atoms with Gasteiger partial charge in [-0.05, 0) is 51.8 Å². The molecule has 0 radical (unpaired) electrons. The molecule has 0 saturated heterocycles. The lowest BCUT2D eigenvalue weighted by molar-refractivity contribution is 0.318. The van der Waals surface area contributed by atoms with Crippen LogP contribution in [0.15, 0.2) is 46.0 Å². The number of nitrogens with zero attached hydrogens (tertiary/aromatic N) is 1. The molecule has 2 aromatic carbocycles. The maximum Gasteiger partial charge on any atom is 0.170 e. The smallest absolute Gasteiger partial charge is 0.170 e. The van der Waals surface area contributed by atoms with E-state index in [1.54, 1.807) is 18.2 Å². The lowest BCUT2D eigenvalue weighted by atomic mass is 10.1. The van der Waals surface area contributed by atoms with Gasteiger partial charge in [0.15, 0.2) is 5.84 Å². The molecule has 0 atom stereocenters. The molecule has 4 N–H and O–H groups in total. The monoisotopic (exact) mass is 371 g/mol. The number of hydrogen-bond acceptors (Lipinski definition) is 3. The van der Waals surface area contributed by atoms with Crippen LogP contribution in [-0.4, -0.2) is 11.0 Å². The van der Waals surface area contributed by atoms with Gasteiger partial charge in [0.1, 0.15) is 5.82 Å². The van der Waals surface area contributed by atoms with Crippen molar-refractivity contribution in [2.75, 3.05) is 5.32 Å². The molecular formula is C14H12BrClFN3O. The first kappa shape index (κ1) is 15.6. The first-order valence-corrected chi connectivity index (χ1v) is 7.13. The normalized spacial score (nSPS) is 11.5. The highest BCUT2D eigenvalue weighted by atomic mass is 79.9. The largest absolute Gasteiger partial charge is 0.409 e. The molecule has 0 fully saturated rings. The van der Waals surface area contributed by atoms with Crippen molar-refractivity contribution < 1.29 is 9.60 Å². The van der Waals surface area contributed by atoms with Crippen molar-refractivity contribution in [1.82, 2.24) is 0 Å². The van der Waals surface area contributed by atoms with Crippen molar-refractivity contribution >= 4 is 39.1 Å². The summed E-state index contributed by atoms with van der Waals surface area (Å²) in [4.78, 5) is 0. The molecule has 0 spiro atoms. The number of halogens is 3. The van der Waals surface area contributed by atoms with E-state index in [0.717, 1.165) is 10.2 Å². The van der Waals surface area contributed by atoms with Gasteiger partial charge in [-0.3, -0.25) is 0 Å². The van der Waals surface area contributed by atoms with Gasteiger partial charge in [-0.2, -0.15) is 0 Å². The predicted octanol–water partition coefficient (Wildman–Crippen LogP) is 3.95. The zero-order valence-corrected chi connectivity index (χ0v) is 13.1. The number of hydrogen-bond donors (Lipinski definition) is 3. The van der Waals surface area contributed by atoms with E-state index in [2.05, 4.69) is 26.4 Å². The first-order valence-electron chi connectivity index (χ1n) is 5.96. The summed E-state index contributed by atoms with van der Waals surface area (Å²) in [6.07, 6.45) is 0. The Bertz CT molecular complexity index is 694. The molecule has 7 heteroatoms. The zero-order chi connectivity index (χ0) is 15.4. The molecule has 0 aliphatic heterocycles. The molecule has 0 saturated carbocycles. The van der Waals surface area contributed by atoms with E-state index in [9.17, 15) is 4.39 Å². The van der Waals surface area contributed by atoms with Crippen LogP contribution in [0.5, 0.6) is 0 Å². The van der Waals surface area contributed by atoms with Crippen LogP contribution in [0.1, 0.15) is 11.1 Å². The fourth-order valence-electron chi connectivity index (χ4n) is 1.82. The van der Waals surface area contributed by atoms with Crippen LogP contribution >= 0.6 is 27.5 Å². The van der Waals surface area contributed by atoms with Gasteiger partial charge in [0.2, 0.25) is 0 Å². The highest BCUT2D eigenvalue weighted by Gasteiger charge is 2.09. The summed E-state index contributed by atoms with van der Waals surface area (Å²) in [5.74, 6) is -0.597. The average molecular weight is 373 g/mol. The molecule has 0 aliphatic carbocycles. The van der Waals surface area contributed by atoms with Gasteiger partial charge in [-0.25, -0.2) is 4.39 Å². The summed E-state index contributed by atoms with van der Waals surface area (Å²) in [6, 6.07) is 9.46. The quantitative estimate of drug-likeness (QED) is 0.329. The Morgan fingerprint density at radius 1 is 1.33 bits per heavy atom. The van der Waals surface area contributed by atoms with E-state index in [-0.39, 0.29) is 5.84 Å².